The fourth-order valence-corrected chi connectivity index (χ4v) is 2.43. The molecule has 0 aromatic heterocycles. The SMILES string of the molecule is C=Cc1c(C(=O)OC)cc(Br)c2c1OCC2. The lowest BCUT2D eigenvalue weighted by Gasteiger charge is -2.10. The molecule has 1 aromatic rings. The van der Waals surface area contributed by atoms with Crippen molar-refractivity contribution in [3.8, 4) is 5.75 Å². The first-order valence-corrected chi connectivity index (χ1v) is 5.67. The van der Waals surface area contributed by atoms with Crippen molar-refractivity contribution in [2.24, 2.45) is 0 Å². The number of methoxy groups -OCH3 is 1. The van der Waals surface area contributed by atoms with Gasteiger partial charge in [0, 0.05) is 22.0 Å². The molecule has 84 valence electrons. The molecule has 1 heterocycles. The van der Waals surface area contributed by atoms with Crippen LogP contribution in [-0.4, -0.2) is 19.7 Å². The van der Waals surface area contributed by atoms with Gasteiger partial charge < -0.3 is 9.47 Å². The van der Waals surface area contributed by atoms with E-state index in [1.165, 1.54) is 7.11 Å². The number of hydrogen-bond donors (Lipinski definition) is 0. The van der Waals surface area contributed by atoms with Gasteiger partial charge in [-0.1, -0.05) is 28.6 Å². The van der Waals surface area contributed by atoms with E-state index in [1.807, 2.05) is 0 Å². The zero-order valence-electron chi connectivity index (χ0n) is 8.88. The third-order valence-corrected chi connectivity index (χ3v) is 3.28. The predicted molar refractivity (Wildman–Crippen MR) is 64.8 cm³/mol. The summed E-state index contributed by atoms with van der Waals surface area (Å²) in [4.78, 5) is 11.6. The molecular weight excluding hydrogens is 272 g/mol. The number of hydrogen-bond acceptors (Lipinski definition) is 3. The summed E-state index contributed by atoms with van der Waals surface area (Å²) in [6.07, 6.45) is 2.47. The Morgan fingerprint density at radius 3 is 3.06 bits per heavy atom. The van der Waals surface area contributed by atoms with Gasteiger partial charge in [0.1, 0.15) is 5.75 Å². The van der Waals surface area contributed by atoms with E-state index >= 15 is 0 Å². The number of fused-ring (bicyclic) bond motifs is 1. The van der Waals surface area contributed by atoms with E-state index in [1.54, 1.807) is 12.1 Å². The van der Waals surface area contributed by atoms with E-state index in [0.717, 1.165) is 22.2 Å². The summed E-state index contributed by atoms with van der Waals surface area (Å²) in [7, 11) is 1.36. The van der Waals surface area contributed by atoms with Crippen molar-refractivity contribution in [3.05, 3.63) is 33.8 Å². The van der Waals surface area contributed by atoms with Crippen molar-refractivity contribution < 1.29 is 14.3 Å². The number of rotatable bonds is 2. The smallest absolute Gasteiger partial charge is 0.338 e. The second-order valence-electron chi connectivity index (χ2n) is 3.42. The highest BCUT2D eigenvalue weighted by molar-refractivity contribution is 9.10. The zero-order chi connectivity index (χ0) is 11.7. The maximum absolute atomic E-state index is 11.6. The summed E-state index contributed by atoms with van der Waals surface area (Å²) in [5.41, 5.74) is 2.27. The quantitative estimate of drug-likeness (QED) is 0.783. The number of carbonyl (C=O) groups excluding carboxylic acids is 1. The van der Waals surface area contributed by atoms with Crippen LogP contribution in [0.25, 0.3) is 6.08 Å². The third kappa shape index (κ3) is 1.63. The number of esters is 1. The number of halogens is 1. The van der Waals surface area contributed by atoms with Gasteiger partial charge in [0.25, 0.3) is 0 Å². The van der Waals surface area contributed by atoms with E-state index < -0.39 is 0 Å². The maximum atomic E-state index is 11.6. The molecule has 1 aliphatic rings. The Balaban J connectivity index is 2.67. The lowest BCUT2D eigenvalue weighted by molar-refractivity contribution is 0.0600. The highest BCUT2D eigenvalue weighted by Crippen LogP contribution is 2.38. The molecule has 16 heavy (non-hydrogen) atoms. The van der Waals surface area contributed by atoms with Gasteiger partial charge in [-0.05, 0) is 6.07 Å². The van der Waals surface area contributed by atoms with Crippen molar-refractivity contribution >= 4 is 28.0 Å². The molecule has 1 aliphatic heterocycles. The monoisotopic (exact) mass is 282 g/mol. The third-order valence-electron chi connectivity index (χ3n) is 2.58. The van der Waals surface area contributed by atoms with E-state index in [0.29, 0.717) is 17.7 Å². The van der Waals surface area contributed by atoms with E-state index in [9.17, 15) is 4.79 Å². The molecule has 0 saturated carbocycles. The minimum atomic E-state index is -0.381. The van der Waals surface area contributed by atoms with Crippen LogP contribution in [0, 0.1) is 0 Å². The van der Waals surface area contributed by atoms with Gasteiger partial charge in [0.05, 0.1) is 19.3 Å². The molecule has 4 heteroatoms. The van der Waals surface area contributed by atoms with E-state index in [2.05, 4.69) is 22.5 Å². The minimum Gasteiger partial charge on any atom is -0.492 e. The minimum absolute atomic E-state index is 0.381. The Bertz CT molecular complexity index is 466. The van der Waals surface area contributed by atoms with Crippen molar-refractivity contribution in [2.75, 3.05) is 13.7 Å². The topological polar surface area (TPSA) is 35.5 Å². The molecule has 0 bridgehead atoms. The summed E-state index contributed by atoms with van der Waals surface area (Å²) < 4.78 is 11.1. The average molecular weight is 283 g/mol. The lowest BCUT2D eigenvalue weighted by Crippen LogP contribution is -2.05. The second kappa shape index (κ2) is 4.29. The molecule has 2 rings (SSSR count). The average Bonchev–Trinajstić information content (AvgIpc) is 2.77. The fraction of sp³-hybridized carbons (Fsp3) is 0.250. The van der Waals surface area contributed by atoms with Gasteiger partial charge in [-0.25, -0.2) is 4.79 Å². The Kier molecular flexibility index (Phi) is 3.01. The first-order chi connectivity index (χ1) is 7.69. The Morgan fingerprint density at radius 2 is 2.44 bits per heavy atom. The Labute approximate surface area is 102 Å². The highest BCUT2D eigenvalue weighted by atomic mass is 79.9. The maximum Gasteiger partial charge on any atom is 0.338 e. The Hall–Kier alpha value is -1.29. The van der Waals surface area contributed by atoms with Crippen LogP contribution in [0.15, 0.2) is 17.1 Å². The second-order valence-corrected chi connectivity index (χ2v) is 4.28. The standard InChI is InChI=1S/C12H11BrO3/c1-3-7-9(12(14)15-2)6-10(13)8-4-5-16-11(7)8/h3,6H,1,4-5H2,2H3. The van der Waals surface area contributed by atoms with E-state index in [4.69, 9.17) is 9.47 Å². The molecule has 0 saturated heterocycles. The first-order valence-electron chi connectivity index (χ1n) is 4.88. The molecule has 0 aliphatic carbocycles. The van der Waals surface area contributed by atoms with Crippen LogP contribution in [0.2, 0.25) is 0 Å². The zero-order valence-corrected chi connectivity index (χ0v) is 10.5. The molecule has 0 N–H and O–H groups in total. The van der Waals surface area contributed by atoms with Crippen molar-refractivity contribution in [2.45, 2.75) is 6.42 Å². The van der Waals surface area contributed by atoms with Gasteiger partial charge in [0.15, 0.2) is 0 Å². The summed E-state index contributed by atoms with van der Waals surface area (Å²) in [5, 5.41) is 0. The largest absolute Gasteiger partial charge is 0.492 e. The number of ether oxygens (including phenoxy) is 2. The molecule has 0 amide bonds. The molecule has 0 atom stereocenters. The van der Waals surface area contributed by atoms with Crippen LogP contribution in [0.1, 0.15) is 21.5 Å². The predicted octanol–water partition coefficient (Wildman–Crippen LogP) is 2.81. The summed E-state index contributed by atoms with van der Waals surface area (Å²) in [5.74, 6) is 0.360. The molecule has 0 fully saturated rings. The van der Waals surface area contributed by atoms with Crippen LogP contribution < -0.4 is 4.74 Å². The number of benzene rings is 1. The van der Waals surface area contributed by atoms with Gasteiger partial charge in [-0.2, -0.15) is 0 Å². The van der Waals surface area contributed by atoms with Gasteiger partial charge in [0.2, 0.25) is 0 Å². The van der Waals surface area contributed by atoms with Crippen LogP contribution in [0.5, 0.6) is 5.75 Å². The molecule has 0 spiro atoms. The highest BCUT2D eigenvalue weighted by Gasteiger charge is 2.24. The summed E-state index contributed by atoms with van der Waals surface area (Å²) >= 11 is 3.44. The number of carbonyl (C=O) groups is 1. The molecule has 3 nitrogen and oxygen atoms in total. The lowest BCUT2D eigenvalue weighted by atomic mass is 10.0. The van der Waals surface area contributed by atoms with Gasteiger partial charge in [-0.3, -0.25) is 0 Å². The summed E-state index contributed by atoms with van der Waals surface area (Å²) in [6, 6.07) is 1.76. The van der Waals surface area contributed by atoms with Crippen LogP contribution in [0.4, 0.5) is 0 Å². The molecule has 0 radical (unpaired) electrons. The van der Waals surface area contributed by atoms with Crippen LogP contribution in [-0.2, 0) is 11.2 Å². The van der Waals surface area contributed by atoms with Crippen LogP contribution >= 0.6 is 15.9 Å². The van der Waals surface area contributed by atoms with Crippen molar-refractivity contribution in [3.63, 3.8) is 0 Å². The molecular formula is C12H11BrO3. The van der Waals surface area contributed by atoms with Crippen molar-refractivity contribution in [1.82, 2.24) is 0 Å². The van der Waals surface area contributed by atoms with Gasteiger partial charge in [-0.15, -0.1) is 0 Å². The summed E-state index contributed by atoms with van der Waals surface area (Å²) in [6.45, 7) is 4.35. The van der Waals surface area contributed by atoms with Gasteiger partial charge >= 0.3 is 5.97 Å². The Morgan fingerprint density at radius 1 is 1.69 bits per heavy atom. The normalized spacial score (nSPS) is 12.9. The fourth-order valence-electron chi connectivity index (χ4n) is 1.82. The molecule has 1 aromatic carbocycles. The first kappa shape index (κ1) is 11.2. The van der Waals surface area contributed by atoms with Crippen molar-refractivity contribution in [1.29, 1.82) is 0 Å². The van der Waals surface area contributed by atoms with E-state index in [-0.39, 0.29) is 5.97 Å². The van der Waals surface area contributed by atoms with Crippen LogP contribution in [0.3, 0.4) is 0 Å². The molecule has 0 unspecified atom stereocenters.